The summed E-state index contributed by atoms with van der Waals surface area (Å²) in [6, 6.07) is 5.53. The van der Waals surface area contributed by atoms with Gasteiger partial charge < -0.3 is 4.79 Å². The molecular weight excluding hydrogens is 251 g/mol. The number of hydrogen-bond donors (Lipinski definition) is 0. The fourth-order valence-electron chi connectivity index (χ4n) is 0.893. The van der Waals surface area contributed by atoms with E-state index >= 15 is 0 Å². The van der Waals surface area contributed by atoms with Gasteiger partial charge in [-0.05, 0) is 23.8 Å². The highest BCUT2D eigenvalue weighted by atomic mass is 79.9. The average molecular weight is 260 g/mol. The van der Waals surface area contributed by atoms with Gasteiger partial charge in [-0.25, -0.2) is 0 Å². The zero-order chi connectivity index (χ0) is 9.68. The molecule has 0 aliphatic heterocycles. The summed E-state index contributed by atoms with van der Waals surface area (Å²) in [6.07, 6.45) is 4.95. The predicted octanol–water partition coefficient (Wildman–Crippen LogP) is 3.70. The van der Waals surface area contributed by atoms with Crippen molar-refractivity contribution in [3.8, 4) is 0 Å². The van der Waals surface area contributed by atoms with E-state index in [1.54, 1.807) is 6.08 Å². The number of rotatable bonds is 3. The molecule has 0 fully saturated rings. The number of allylic oxidation sites excluding steroid dienone is 1. The van der Waals surface area contributed by atoms with Crippen molar-refractivity contribution >= 4 is 39.9 Å². The second-order valence-corrected chi connectivity index (χ2v) is 3.76. The molecule has 13 heavy (non-hydrogen) atoms. The monoisotopic (exact) mass is 258 g/mol. The molecule has 0 bridgehead atoms. The zero-order valence-electron chi connectivity index (χ0n) is 6.84. The van der Waals surface area contributed by atoms with Crippen molar-refractivity contribution in [1.82, 2.24) is 0 Å². The van der Waals surface area contributed by atoms with Gasteiger partial charge in [0.1, 0.15) is 6.29 Å². The third-order valence-electron chi connectivity index (χ3n) is 1.49. The summed E-state index contributed by atoms with van der Waals surface area (Å²) in [5.74, 6) is 0. The van der Waals surface area contributed by atoms with Crippen LogP contribution in [0.25, 0.3) is 6.08 Å². The maximum Gasteiger partial charge on any atom is 0.123 e. The van der Waals surface area contributed by atoms with E-state index in [2.05, 4.69) is 15.9 Å². The summed E-state index contributed by atoms with van der Waals surface area (Å²) < 4.78 is 0.971. The van der Waals surface area contributed by atoms with Gasteiger partial charge in [-0.2, -0.15) is 0 Å². The first kappa shape index (κ1) is 10.5. The molecule has 0 aliphatic carbocycles. The number of carbonyl (C=O) groups is 1. The van der Waals surface area contributed by atoms with Gasteiger partial charge in [-0.1, -0.05) is 39.7 Å². The normalized spacial score (nSPS) is 10.6. The van der Waals surface area contributed by atoms with Gasteiger partial charge in [0.05, 0.1) is 0 Å². The lowest BCUT2D eigenvalue weighted by Gasteiger charge is -1.98. The van der Waals surface area contributed by atoms with Crippen molar-refractivity contribution in [3.63, 3.8) is 0 Å². The Labute approximate surface area is 90.5 Å². The predicted molar refractivity (Wildman–Crippen MR) is 58.9 cm³/mol. The highest BCUT2D eigenvalue weighted by molar-refractivity contribution is 9.10. The van der Waals surface area contributed by atoms with Gasteiger partial charge in [0.15, 0.2) is 0 Å². The topological polar surface area (TPSA) is 17.1 Å². The first-order chi connectivity index (χ1) is 6.24. The molecule has 0 atom stereocenters. The fourth-order valence-corrected chi connectivity index (χ4v) is 1.45. The Morgan fingerprint density at radius 2 is 2.23 bits per heavy atom. The summed E-state index contributed by atoms with van der Waals surface area (Å²) in [6.45, 7) is 0. The molecule has 0 heterocycles. The molecule has 0 saturated heterocycles. The highest BCUT2D eigenvalue weighted by Gasteiger charge is 1.95. The molecule has 1 rings (SSSR count). The third kappa shape index (κ3) is 3.33. The van der Waals surface area contributed by atoms with Crippen molar-refractivity contribution in [2.24, 2.45) is 0 Å². The number of hydrogen-bond acceptors (Lipinski definition) is 1. The number of aldehydes is 1. The minimum atomic E-state index is 0.430. The van der Waals surface area contributed by atoms with Gasteiger partial charge in [-0.3, -0.25) is 0 Å². The molecular formula is C10H8BrClO. The second kappa shape index (κ2) is 5.20. The molecule has 0 aliphatic rings. The zero-order valence-corrected chi connectivity index (χ0v) is 9.18. The van der Waals surface area contributed by atoms with Crippen LogP contribution in [0, 0.1) is 0 Å². The molecule has 1 aromatic carbocycles. The highest BCUT2D eigenvalue weighted by Crippen LogP contribution is 2.22. The lowest BCUT2D eigenvalue weighted by Crippen LogP contribution is -1.75. The third-order valence-corrected chi connectivity index (χ3v) is 2.45. The summed E-state index contributed by atoms with van der Waals surface area (Å²) in [5.41, 5.74) is 0.981. The van der Waals surface area contributed by atoms with Gasteiger partial charge in [-0.15, -0.1) is 0 Å². The van der Waals surface area contributed by atoms with Crippen molar-refractivity contribution in [1.29, 1.82) is 0 Å². The van der Waals surface area contributed by atoms with Crippen LogP contribution in [0.4, 0.5) is 0 Å². The van der Waals surface area contributed by atoms with Crippen LogP contribution in [0.1, 0.15) is 12.0 Å². The summed E-state index contributed by atoms with van der Waals surface area (Å²) in [5, 5.41) is 0.689. The van der Waals surface area contributed by atoms with E-state index in [4.69, 9.17) is 11.6 Å². The Bertz CT molecular complexity index is 334. The van der Waals surface area contributed by atoms with Crippen molar-refractivity contribution in [3.05, 3.63) is 39.3 Å². The lowest BCUT2D eigenvalue weighted by atomic mass is 10.2. The van der Waals surface area contributed by atoms with Crippen LogP contribution in [0.3, 0.4) is 0 Å². The van der Waals surface area contributed by atoms with E-state index in [-0.39, 0.29) is 0 Å². The Morgan fingerprint density at radius 1 is 1.46 bits per heavy atom. The average Bonchev–Trinajstić information content (AvgIpc) is 2.11. The maximum atomic E-state index is 10.1. The molecule has 0 spiro atoms. The molecule has 0 aromatic heterocycles. The Balaban J connectivity index is 2.86. The smallest absolute Gasteiger partial charge is 0.123 e. The Morgan fingerprint density at radius 3 is 2.92 bits per heavy atom. The SMILES string of the molecule is O=CCC=Cc1cc(Cl)ccc1Br. The van der Waals surface area contributed by atoms with Gasteiger partial charge in [0, 0.05) is 15.9 Å². The van der Waals surface area contributed by atoms with E-state index in [1.165, 1.54) is 0 Å². The van der Waals surface area contributed by atoms with Crippen molar-refractivity contribution in [2.75, 3.05) is 0 Å². The Hall–Kier alpha value is -0.600. The van der Waals surface area contributed by atoms with E-state index in [0.717, 1.165) is 16.3 Å². The summed E-state index contributed by atoms with van der Waals surface area (Å²) >= 11 is 9.19. The van der Waals surface area contributed by atoms with E-state index < -0.39 is 0 Å². The van der Waals surface area contributed by atoms with Gasteiger partial charge in [0.25, 0.3) is 0 Å². The Kier molecular flexibility index (Phi) is 4.19. The molecule has 1 aromatic rings. The summed E-state index contributed by atoms with van der Waals surface area (Å²) in [4.78, 5) is 10.1. The molecule has 1 nitrogen and oxygen atoms in total. The van der Waals surface area contributed by atoms with Crippen LogP contribution in [-0.2, 0) is 4.79 Å². The van der Waals surface area contributed by atoms with Crippen LogP contribution in [-0.4, -0.2) is 6.29 Å². The number of benzene rings is 1. The largest absolute Gasteiger partial charge is 0.303 e. The van der Waals surface area contributed by atoms with Crippen LogP contribution >= 0.6 is 27.5 Å². The van der Waals surface area contributed by atoms with Gasteiger partial charge in [0.2, 0.25) is 0 Å². The number of carbonyl (C=O) groups excluding carboxylic acids is 1. The van der Waals surface area contributed by atoms with Gasteiger partial charge >= 0.3 is 0 Å². The molecule has 0 radical (unpaired) electrons. The molecule has 0 N–H and O–H groups in total. The second-order valence-electron chi connectivity index (χ2n) is 2.47. The first-order valence-electron chi connectivity index (χ1n) is 3.79. The van der Waals surface area contributed by atoms with Crippen LogP contribution < -0.4 is 0 Å². The quantitative estimate of drug-likeness (QED) is 0.756. The molecule has 0 saturated carbocycles. The van der Waals surface area contributed by atoms with Crippen LogP contribution in [0.15, 0.2) is 28.7 Å². The standard InChI is InChI=1S/C10H8BrClO/c11-10-5-4-9(12)7-8(10)3-1-2-6-13/h1,3-7H,2H2. The van der Waals surface area contributed by atoms with E-state index in [0.29, 0.717) is 11.4 Å². The van der Waals surface area contributed by atoms with Crippen molar-refractivity contribution in [2.45, 2.75) is 6.42 Å². The molecule has 3 heteroatoms. The molecule has 68 valence electrons. The minimum Gasteiger partial charge on any atom is -0.303 e. The first-order valence-corrected chi connectivity index (χ1v) is 4.96. The number of halogens is 2. The fraction of sp³-hybridized carbons (Fsp3) is 0.100. The minimum absolute atomic E-state index is 0.430. The van der Waals surface area contributed by atoms with E-state index in [1.807, 2.05) is 24.3 Å². The van der Waals surface area contributed by atoms with Crippen molar-refractivity contribution < 1.29 is 4.79 Å². The van der Waals surface area contributed by atoms with E-state index in [9.17, 15) is 4.79 Å². The van der Waals surface area contributed by atoms with Crippen LogP contribution in [0.2, 0.25) is 5.02 Å². The maximum absolute atomic E-state index is 10.1. The molecule has 0 unspecified atom stereocenters. The lowest BCUT2D eigenvalue weighted by molar-refractivity contribution is -0.107. The molecule has 0 amide bonds. The van der Waals surface area contributed by atoms with Crippen LogP contribution in [0.5, 0.6) is 0 Å². The summed E-state index contributed by atoms with van der Waals surface area (Å²) in [7, 11) is 0.